The summed E-state index contributed by atoms with van der Waals surface area (Å²) in [5, 5.41) is 3.46. The Hall–Kier alpha value is -2.24. The van der Waals surface area contributed by atoms with Crippen molar-refractivity contribution in [3.63, 3.8) is 0 Å². The highest BCUT2D eigenvalue weighted by Crippen LogP contribution is 2.39. The Morgan fingerprint density at radius 3 is 2.93 bits per heavy atom. The first-order chi connectivity index (χ1) is 13.2. The van der Waals surface area contributed by atoms with Crippen molar-refractivity contribution < 1.29 is 14.3 Å². The second kappa shape index (κ2) is 8.19. The summed E-state index contributed by atoms with van der Waals surface area (Å²) < 4.78 is 10.6. The average Bonchev–Trinajstić information content (AvgIpc) is 3.16. The van der Waals surface area contributed by atoms with Crippen LogP contribution in [0.15, 0.2) is 42.5 Å². The number of piperidine rings is 1. The number of nitrogens with zero attached hydrogens (tertiary/aromatic N) is 1. The van der Waals surface area contributed by atoms with Crippen LogP contribution in [0.5, 0.6) is 11.5 Å². The Morgan fingerprint density at radius 1 is 1.22 bits per heavy atom. The lowest BCUT2D eigenvalue weighted by molar-refractivity contribution is 0.0930. The molecule has 1 saturated heterocycles. The number of carbonyl (C=O) groups excluding carboxylic acids is 1. The molecular formula is C21H23ClN2O3. The standard InChI is InChI=1S/C21H23ClN2O3/c22-18-9-17(10-19-20(18)27-14-26-19)21(25)23-11-16-7-4-8-24(13-16)12-15-5-2-1-3-6-15/h1-3,5-6,9-10,16H,4,7-8,11-14H2,(H,23,25). The zero-order valence-corrected chi connectivity index (χ0v) is 15.9. The number of likely N-dealkylation sites (tertiary alicyclic amines) is 1. The number of amides is 1. The molecule has 4 rings (SSSR count). The van der Waals surface area contributed by atoms with Gasteiger partial charge >= 0.3 is 0 Å². The third-order valence-electron chi connectivity index (χ3n) is 5.09. The summed E-state index contributed by atoms with van der Waals surface area (Å²) in [6.07, 6.45) is 2.29. The van der Waals surface area contributed by atoms with Crippen molar-refractivity contribution in [3.8, 4) is 11.5 Å². The molecule has 2 heterocycles. The molecule has 142 valence electrons. The van der Waals surface area contributed by atoms with Gasteiger partial charge < -0.3 is 14.8 Å². The molecule has 0 spiro atoms. The minimum Gasteiger partial charge on any atom is -0.454 e. The lowest BCUT2D eigenvalue weighted by Gasteiger charge is -2.32. The number of hydrogen-bond acceptors (Lipinski definition) is 4. The minimum atomic E-state index is -0.129. The number of carbonyl (C=O) groups is 1. The molecule has 1 amide bonds. The average molecular weight is 387 g/mol. The topological polar surface area (TPSA) is 50.8 Å². The van der Waals surface area contributed by atoms with Gasteiger partial charge in [0.05, 0.1) is 5.02 Å². The SMILES string of the molecule is O=C(NCC1CCCN(Cc2ccccc2)C1)c1cc(Cl)c2c(c1)OCO2. The predicted molar refractivity (Wildman–Crippen MR) is 104 cm³/mol. The molecule has 1 atom stereocenters. The second-order valence-corrected chi connectivity index (χ2v) is 7.54. The largest absolute Gasteiger partial charge is 0.454 e. The first kappa shape index (κ1) is 18.1. The molecule has 1 unspecified atom stereocenters. The molecule has 0 bridgehead atoms. The number of benzene rings is 2. The van der Waals surface area contributed by atoms with E-state index in [0.717, 1.165) is 32.5 Å². The molecule has 2 aliphatic heterocycles. The van der Waals surface area contributed by atoms with Crippen molar-refractivity contribution in [1.29, 1.82) is 0 Å². The van der Waals surface area contributed by atoms with Gasteiger partial charge in [-0.3, -0.25) is 9.69 Å². The lowest BCUT2D eigenvalue weighted by Crippen LogP contribution is -2.40. The number of ether oxygens (including phenoxy) is 2. The van der Waals surface area contributed by atoms with E-state index >= 15 is 0 Å². The molecule has 2 aromatic carbocycles. The van der Waals surface area contributed by atoms with Crippen LogP contribution in [0.3, 0.4) is 0 Å². The van der Waals surface area contributed by atoms with Crippen molar-refractivity contribution >= 4 is 17.5 Å². The van der Waals surface area contributed by atoms with E-state index < -0.39 is 0 Å². The minimum absolute atomic E-state index is 0.129. The summed E-state index contributed by atoms with van der Waals surface area (Å²) in [5.74, 6) is 1.36. The van der Waals surface area contributed by atoms with Gasteiger partial charge in [-0.1, -0.05) is 41.9 Å². The van der Waals surface area contributed by atoms with Gasteiger partial charge in [0.25, 0.3) is 5.91 Å². The van der Waals surface area contributed by atoms with Crippen molar-refractivity contribution in [1.82, 2.24) is 10.2 Å². The summed E-state index contributed by atoms with van der Waals surface area (Å²) in [7, 11) is 0. The molecule has 2 aromatic rings. The van der Waals surface area contributed by atoms with Crippen molar-refractivity contribution in [3.05, 3.63) is 58.6 Å². The first-order valence-corrected chi connectivity index (χ1v) is 9.70. The molecule has 0 aromatic heterocycles. The third-order valence-corrected chi connectivity index (χ3v) is 5.37. The van der Waals surface area contributed by atoms with E-state index in [-0.39, 0.29) is 12.7 Å². The quantitative estimate of drug-likeness (QED) is 0.851. The van der Waals surface area contributed by atoms with Gasteiger partial charge in [-0.2, -0.15) is 0 Å². The van der Waals surface area contributed by atoms with Crippen LogP contribution in [0, 0.1) is 5.92 Å². The Kier molecular flexibility index (Phi) is 5.50. The lowest BCUT2D eigenvalue weighted by atomic mass is 9.97. The van der Waals surface area contributed by atoms with Crippen LogP contribution in [0.2, 0.25) is 5.02 Å². The number of halogens is 1. The van der Waals surface area contributed by atoms with E-state index in [1.165, 1.54) is 5.56 Å². The zero-order valence-electron chi connectivity index (χ0n) is 15.1. The van der Waals surface area contributed by atoms with Crippen LogP contribution >= 0.6 is 11.6 Å². The molecule has 0 aliphatic carbocycles. The first-order valence-electron chi connectivity index (χ1n) is 9.32. The Bertz CT molecular complexity index is 813. The molecule has 27 heavy (non-hydrogen) atoms. The molecule has 1 N–H and O–H groups in total. The van der Waals surface area contributed by atoms with Crippen molar-refractivity contribution in [2.24, 2.45) is 5.92 Å². The number of fused-ring (bicyclic) bond motifs is 1. The maximum atomic E-state index is 12.5. The van der Waals surface area contributed by atoms with E-state index in [9.17, 15) is 4.79 Å². The Morgan fingerprint density at radius 2 is 2.07 bits per heavy atom. The van der Waals surface area contributed by atoms with E-state index in [2.05, 4.69) is 34.5 Å². The summed E-state index contributed by atoms with van der Waals surface area (Å²) >= 11 is 6.17. The summed E-state index contributed by atoms with van der Waals surface area (Å²) in [5.41, 5.74) is 1.83. The van der Waals surface area contributed by atoms with Gasteiger partial charge in [-0.15, -0.1) is 0 Å². The fourth-order valence-electron chi connectivity index (χ4n) is 3.74. The van der Waals surface area contributed by atoms with Gasteiger partial charge in [0, 0.05) is 25.2 Å². The summed E-state index contributed by atoms with van der Waals surface area (Å²) in [6, 6.07) is 13.8. The maximum absolute atomic E-state index is 12.5. The van der Waals surface area contributed by atoms with Crippen LogP contribution in [0.25, 0.3) is 0 Å². The summed E-state index contributed by atoms with van der Waals surface area (Å²) in [4.78, 5) is 15.0. The smallest absolute Gasteiger partial charge is 0.251 e. The van der Waals surface area contributed by atoms with Crippen LogP contribution in [-0.4, -0.2) is 37.2 Å². The second-order valence-electron chi connectivity index (χ2n) is 7.13. The molecule has 0 radical (unpaired) electrons. The van der Waals surface area contributed by atoms with Gasteiger partial charge in [-0.05, 0) is 43.0 Å². The van der Waals surface area contributed by atoms with Crippen molar-refractivity contribution in [2.75, 3.05) is 26.4 Å². The van der Waals surface area contributed by atoms with E-state index in [1.807, 2.05) is 6.07 Å². The van der Waals surface area contributed by atoms with Gasteiger partial charge in [0.1, 0.15) is 0 Å². The molecule has 6 heteroatoms. The highest BCUT2D eigenvalue weighted by molar-refractivity contribution is 6.32. The molecule has 1 fully saturated rings. The fourth-order valence-corrected chi connectivity index (χ4v) is 4.01. The van der Waals surface area contributed by atoms with E-state index in [1.54, 1.807) is 12.1 Å². The highest BCUT2D eigenvalue weighted by atomic mass is 35.5. The van der Waals surface area contributed by atoms with E-state index in [4.69, 9.17) is 21.1 Å². The van der Waals surface area contributed by atoms with Crippen LogP contribution in [0.4, 0.5) is 0 Å². The van der Waals surface area contributed by atoms with Crippen molar-refractivity contribution in [2.45, 2.75) is 19.4 Å². The monoisotopic (exact) mass is 386 g/mol. The Balaban J connectivity index is 1.32. The van der Waals surface area contributed by atoms with E-state index in [0.29, 0.717) is 34.5 Å². The van der Waals surface area contributed by atoms with Crippen LogP contribution < -0.4 is 14.8 Å². The number of nitrogens with one attached hydrogen (secondary N) is 1. The number of hydrogen-bond donors (Lipinski definition) is 1. The summed E-state index contributed by atoms with van der Waals surface area (Å²) in [6.45, 7) is 3.87. The maximum Gasteiger partial charge on any atom is 0.251 e. The zero-order chi connectivity index (χ0) is 18.6. The number of rotatable bonds is 5. The van der Waals surface area contributed by atoms with Crippen LogP contribution in [0.1, 0.15) is 28.8 Å². The third kappa shape index (κ3) is 4.37. The van der Waals surface area contributed by atoms with Gasteiger partial charge in [-0.25, -0.2) is 0 Å². The molecule has 0 saturated carbocycles. The molecular weight excluding hydrogens is 364 g/mol. The van der Waals surface area contributed by atoms with Crippen LogP contribution in [-0.2, 0) is 6.54 Å². The van der Waals surface area contributed by atoms with Gasteiger partial charge in [0.15, 0.2) is 11.5 Å². The fraction of sp³-hybridized carbons (Fsp3) is 0.381. The molecule has 2 aliphatic rings. The van der Waals surface area contributed by atoms with Gasteiger partial charge in [0.2, 0.25) is 6.79 Å². The normalized spacial score (nSPS) is 19.1. The molecule has 5 nitrogen and oxygen atoms in total. The Labute approximate surface area is 164 Å². The predicted octanol–water partition coefficient (Wildman–Crippen LogP) is 3.71. The highest BCUT2D eigenvalue weighted by Gasteiger charge is 2.23.